The van der Waals surface area contributed by atoms with Crippen molar-refractivity contribution in [1.82, 2.24) is 0 Å². The van der Waals surface area contributed by atoms with Gasteiger partial charge in [0.05, 0.1) is 35.8 Å². The number of hydrogen-bond donors (Lipinski definition) is 0. The normalized spacial score (nSPS) is 10.0. The molecule has 0 aliphatic carbocycles. The fourth-order valence-electron chi connectivity index (χ4n) is 2.36. The van der Waals surface area contributed by atoms with Crippen LogP contribution in [0.3, 0.4) is 0 Å². The van der Waals surface area contributed by atoms with Crippen molar-refractivity contribution < 1.29 is 24.0 Å². The summed E-state index contributed by atoms with van der Waals surface area (Å²) in [6.07, 6.45) is 0. The van der Waals surface area contributed by atoms with Crippen LogP contribution in [0.25, 0.3) is 5.57 Å². The minimum absolute atomic E-state index is 0.0482. The largest absolute Gasteiger partial charge is 0.465 e. The van der Waals surface area contributed by atoms with E-state index in [1.165, 1.54) is 26.4 Å². The van der Waals surface area contributed by atoms with Crippen molar-refractivity contribution in [2.45, 2.75) is 0 Å². The number of methoxy groups -OCH3 is 2. The van der Waals surface area contributed by atoms with Gasteiger partial charge in [-0.1, -0.05) is 24.8 Å². The summed E-state index contributed by atoms with van der Waals surface area (Å²) >= 11 is 0. The highest BCUT2D eigenvalue weighted by atomic mass is 16.6. The highest BCUT2D eigenvalue weighted by Crippen LogP contribution is 2.32. The van der Waals surface area contributed by atoms with Gasteiger partial charge in [-0.05, 0) is 29.3 Å². The Balaban J connectivity index is 2.59. The van der Waals surface area contributed by atoms with Crippen molar-refractivity contribution >= 4 is 23.2 Å². The number of nitro groups is 1. The molecule has 2 rings (SSSR count). The van der Waals surface area contributed by atoms with Crippen LogP contribution in [0.5, 0.6) is 0 Å². The molecule has 0 amide bonds. The number of ether oxygens (including phenoxy) is 2. The van der Waals surface area contributed by atoms with Crippen molar-refractivity contribution in [3.63, 3.8) is 0 Å². The zero-order valence-electron chi connectivity index (χ0n) is 13.6. The van der Waals surface area contributed by atoms with Gasteiger partial charge in [0.25, 0.3) is 5.69 Å². The number of esters is 2. The highest BCUT2D eigenvalue weighted by molar-refractivity contribution is 5.99. The number of carbonyl (C=O) groups is 2. The van der Waals surface area contributed by atoms with Gasteiger partial charge in [0.2, 0.25) is 0 Å². The van der Waals surface area contributed by atoms with E-state index in [0.717, 1.165) is 6.07 Å². The lowest BCUT2D eigenvalue weighted by Crippen LogP contribution is -2.07. The van der Waals surface area contributed by atoms with Gasteiger partial charge in [-0.2, -0.15) is 0 Å². The molecule has 0 fully saturated rings. The molecular formula is C18H15NO6. The fraction of sp³-hybridized carbons (Fsp3) is 0.111. The minimum atomic E-state index is -0.685. The number of nitrogens with zero attached hydrogens (tertiary/aromatic N) is 1. The molecule has 7 heteroatoms. The third-order valence-corrected chi connectivity index (χ3v) is 3.60. The Labute approximate surface area is 143 Å². The SMILES string of the molecule is C=C(c1ccccc1C(=O)OC)c1ccc(C(=O)OC)cc1[N+](=O)[O-]. The average molecular weight is 341 g/mol. The summed E-state index contributed by atoms with van der Waals surface area (Å²) < 4.78 is 9.31. The molecule has 0 bridgehead atoms. The summed E-state index contributed by atoms with van der Waals surface area (Å²) in [5.74, 6) is -1.26. The first-order chi connectivity index (χ1) is 11.9. The predicted octanol–water partition coefficient (Wildman–Crippen LogP) is 3.23. The van der Waals surface area contributed by atoms with Crippen LogP contribution in [0, 0.1) is 10.1 Å². The lowest BCUT2D eigenvalue weighted by atomic mass is 9.93. The van der Waals surface area contributed by atoms with Crippen LogP contribution in [-0.4, -0.2) is 31.1 Å². The third-order valence-electron chi connectivity index (χ3n) is 3.60. The van der Waals surface area contributed by atoms with Crippen LogP contribution < -0.4 is 0 Å². The van der Waals surface area contributed by atoms with Gasteiger partial charge in [-0.25, -0.2) is 9.59 Å². The van der Waals surface area contributed by atoms with Crippen LogP contribution in [0.4, 0.5) is 5.69 Å². The van der Waals surface area contributed by atoms with Gasteiger partial charge in [0.1, 0.15) is 0 Å². The Hall–Kier alpha value is -3.48. The molecule has 0 radical (unpaired) electrons. The molecule has 2 aromatic carbocycles. The van der Waals surface area contributed by atoms with Crippen molar-refractivity contribution in [2.24, 2.45) is 0 Å². The van der Waals surface area contributed by atoms with Crippen LogP contribution in [0.15, 0.2) is 49.0 Å². The summed E-state index contributed by atoms with van der Waals surface area (Å²) in [4.78, 5) is 34.3. The molecule has 0 spiro atoms. The summed E-state index contributed by atoms with van der Waals surface area (Å²) in [6.45, 7) is 3.88. The van der Waals surface area contributed by atoms with Gasteiger partial charge in [-0.3, -0.25) is 10.1 Å². The van der Waals surface area contributed by atoms with Gasteiger partial charge in [-0.15, -0.1) is 0 Å². The van der Waals surface area contributed by atoms with Crippen molar-refractivity contribution in [3.05, 3.63) is 81.4 Å². The van der Waals surface area contributed by atoms with E-state index in [4.69, 9.17) is 4.74 Å². The van der Waals surface area contributed by atoms with E-state index >= 15 is 0 Å². The maximum Gasteiger partial charge on any atom is 0.338 e. The first-order valence-corrected chi connectivity index (χ1v) is 7.14. The second-order valence-corrected chi connectivity index (χ2v) is 5.00. The van der Waals surface area contributed by atoms with Crippen molar-refractivity contribution in [2.75, 3.05) is 14.2 Å². The Bertz CT molecular complexity index is 872. The molecule has 7 nitrogen and oxygen atoms in total. The maximum atomic E-state index is 11.9. The molecule has 0 saturated heterocycles. The van der Waals surface area contributed by atoms with E-state index < -0.39 is 16.9 Å². The summed E-state index contributed by atoms with van der Waals surface area (Å²) in [5.41, 5.74) is 0.835. The summed E-state index contributed by atoms with van der Waals surface area (Å²) in [5, 5.41) is 11.4. The maximum absolute atomic E-state index is 11.9. The zero-order valence-corrected chi connectivity index (χ0v) is 13.6. The lowest BCUT2D eigenvalue weighted by molar-refractivity contribution is -0.385. The van der Waals surface area contributed by atoms with E-state index in [2.05, 4.69) is 11.3 Å². The van der Waals surface area contributed by atoms with Crippen molar-refractivity contribution in [1.29, 1.82) is 0 Å². The Kier molecular flexibility index (Phi) is 5.28. The molecule has 25 heavy (non-hydrogen) atoms. The van der Waals surface area contributed by atoms with Gasteiger partial charge in [0.15, 0.2) is 0 Å². The van der Waals surface area contributed by atoms with E-state index in [1.807, 2.05) is 0 Å². The van der Waals surface area contributed by atoms with E-state index in [0.29, 0.717) is 5.56 Å². The lowest BCUT2D eigenvalue weighted by Gasteiger charge is -2.12. The average Bonchev–Trinajstić information content (AvgIpc) is 2.65. The molecule has 0 aliphatic heterocycles. The zero-order chi connectivity index (χ0) is 18.6. The second-order valence-electron chi connectivity index (χ2n) is 5.00. The Morgan fingerprint density at radius 2 is 1.56 bits per heavy atom. The monoisotopic (exact) mass is 341 g/mol. The quantitative estimate of drug-likeness (QED) is 0.471. The van der Waals surface area contributed by atoms with Gasteiger partial charge in [0, 0.05) is 6.07 Å². The van der Waals surface area contributed by atoms with E-state index in [-0.39, 0.29) is 28.0 Å². The standard InChI is InChI=1S/C18H15NO6/c1-11(13-6-4-5-7-15(13)18(21)25-3)14-9-8-12(17(20)24-2)10-16(14)19(22)23/h4-10H,1H2,2-3H3. The minimum Gasteiger partial charge on any atom is -0.465 e. The number of nitro benzene ring substituents is 1. The number of carbonyl (C=O) groups excluding carboxylic acids is 2. The highest BCUT2D eigenvalue weighted by Gasteiger charge is 2.23. The molecule has 0 saturated carbocycles. The smallest absolute Gasteiger partial charge is 0.338 e. The third kappa shape index (κ3) is 3.55. The number of rotatable bonds is 5. The molecular weight excluding hydrogens is 326 g/mol. The molecule has 0 aliphatic rings. The predicted molar refractivity (Wildman–Crippen MR) is 90.4 cm³/mol. The van der Waals surface area contributed by atoms with E-state index in [1.54, 1.807) is 24.3 Å². The van der Waals surface area contributed by atoms with Crippen LogP contribution >= 0.6 is 0 Å². The van der Waals surface area contributed by atoms with Crippen LogP contribution in [0.2, 0.25) is 0 Å². The Morgan fingerprint density at radius 3 is 2.12 bits per heavy atom. The van der Waals surface area contributed by atoms with E-state index in [9.17, 15) is 19.7 Å². The first-order valence-electron chi connectivity index (χ1n) is 7.14. The molecule has 2 aromatic rings. The topological polar surface area (TPSA) is 95.7 Å². The summed E-state index contributed by atoms with van der Waals surface area (Å²) in [6, 6.07) is 10.4. The molecule has 0 unspecified atom stereocenters. The van der Waals surface area contributed by atoms with Crippen molar-refractivity contribution in [3.8, 4) is 0 Å². The fourth-order valence-corrected chi connectivity index (χ4v) is 2.36. The number of benzene rings is 2. The van der Waals surface area contributed by atoms with Gasteiger partial charge < -0.3 is 9.47 Å². The molecule has 0 atom stereocenters. The number of hydrogen-bond acceptors (Lipinski definition) is 6. The summed E-state index contributed by atoms with van der Waals surface area (Å²) in [7, 11) is 2.43. The second kappa shape index (κ2) is 7.39. The Morgan fingerprint density at radius 1 is 0.960 bits per heavy atom. The van der Waals surface area contributed by atoms with Crippen LogP contribution in [-0.2, 0) is 9.47 Å². The van der Waals surface area contributed by atoms with Crippen LogP contribution in [0.1, 0.15) is 31.8 Å². The molecule has 0 aromatic heterocycles. The van der Waals surface area contributed by atoms with Gasteiger partial charge >= 0.3 is 11.9 Å². The molecule has 128 valence electrons. The molecule has 0 N–H and O–H groups in total. The first kappa shape index (κ1) is 17.9. The molecule has 0 heterocycles.